The first kappa shape index (κ1) is 20.6. The Morgan fingerprint density at radius 1 is 0.933 bits per heavy atom. The number of sulfone groups is 1. The van der Waals surface area contributed by atoms with Gasteiger partial charge in [-0.15, -0.1) is 0 Å². The van der Waals surface area contributed by atoms with E-state index in [0.717, 1.165) is 44.5 Å². The van der Waals surface area contributed by atoms with E-state index in [1.807, 2.05) is 24.3 Å². The van der Waals surface area contributed by atoms with E-state index in [-0.39, 0.29) is 9.79 Å². The second-order valence-electron chi connectivity index (χ2n) is 7.16. The molecule has 0 aliphatic rings. The number of fused-ring (bicyclic) bond motifs is 1. The van der Waals surface area contributed by atoms with Crippen LogP contribution in [0.15, 0.2) is 87.1 Å². The normalized spacial score (nSPS) is 12.5. The molecule has 0 amide bonds. The molecule has 0 saturated carbocycles. The highest BCUT2D eigenvalue weighted by Gasteiger charge is 2.18. The van der Waals surface area contributed by atoms with Gasteiger partial charge in [-0.25, -0.2) is 8.42 Å². The molecule has 3 aromatic carbocycles. The Labute approximate surface area is 185 Å². The van der Waals surface area contributed by atoms with Crippen LogP contribution in [0.5, 0.6) is 0 Å². The van der Waals surface area contributed by atoms with Crippen molar-refractivity contribution in [3.63, 3.8) is 0 Å². The summed E-state index contributed by atoms with van der Waals surface area (Å²) < 4.78 is 28.8. The molecule has 0 aliphatic heterocycles. The molecule has 4 aromatic rings. The number of benzene rings is 3. The van der Waals surface area contributed by atoms with E-state index in [4.69, 9.17) is 0 Å². The van der Waals surface area contributed by atoms with Crippen molar-refractivity contribution in [3.05, 3.63) is 87.8 Å². The molecular formula is C25H22BrNO2S. The van der Waals surface area contributed by atoms with Gasteiger partial charge in [0.2, 0.25) is 9.84 Å². The minimum atomic E-state index is -3.57. The van der Waals surface area contributed by atoms with Crippen molar-refractivity contribution in [2.75, 3.05) is 0 Å². The van der Waals surface area contributed by atoms with Gasteiger partial charge in [-0.2, -0.15) is 0 Å². The van der Waals surface area contributed by atoms with Gasteiger partial charge < -0.3 is 4.57 Å². The summed E-state index contributed by atoms with van der Waals surface area (Å²) in [6.45, 7) is 6.48. The third-order valence-electron chi connectivity index (χ3n) is 5.18. The summed E-state index contributed by atoms with van der Waals surface area (Å²) in [4.78, 5) is 0.549. The molecule has 0 fully saturated rings. The maximum Gasteiger partial charge on any atom is 0.206 e. The molecule has 0 unspecified atom stereocenters. The minimum absolute atomic E-state index is 0.272. The standard InChI is InChI=1S/C25H22BrNO2S/c1-3-4-7-23-18(2)27(25-9-6-5-8-24(23)25)20-12-16-22(17-13-20)30(28,29)21-14-10-19(26)11-15-21/h5-17H,2-4H2,1H3/b23-7+. The first-order valence-electron chi connectivity index (χ1n) is 9.83. The van der Waals surface area contributed by atoms with E-state index >= 15 is 0 Å². The average molecular weight is 480 g/mol. The number of rotatable bonds is 5. The van der Waals surface area contributed by atoms with Crippen LogP contribution in [-0.4, -0.2) is 13.0 Å². The quantitative estimate of drug-likeness (QED) is 0.393. The maximum atomic E-state index is 13.0. The molecule has 30 heavy (non-hydrogen) atoms. The molecule has 3 nitrogen and oxygen atoms in total. The Morgan fingerprint density at radius 3 is 2.17 bits per heavy atom. The average Bonchev–Trinajstić information content (AvgIpc) is 3.04. The van der Waals surface area contributed by atoms with Gasteiger partial charge in [-0.1, -0.05) is 60.1 Å². The molecule has 0 bridgehead atoms. The summed E-state index contributed by atoms with van der Waals surface area (Å²) in [5, 5.41) is 3.20. The SMILES string of the molecule is C=c1/c(=C\CCC)c2ccccc2n1-c1ccc(S(=O)(=O)c2ccc(Br)cc2)cc1. The van der Waals surface area contributed by atoms with Crippen LogP contribution in [-0.2, 0) is 9.84 Å². The number of unbranched alkanes of at least 4 members (excludes halogenated alkanes) is 1. The fourth-order valence-corrected chi connectivity index (χ4v) is 5.18. The van der Waals surface area contributed by atoms with E-state index in [9.17, 15) is 8.42 Å². The number of hydrogen-bond donors (Lipinski definition) is 0. The lowest BCUT2D eigenvalue weighted by atomic mass is 10.2. The van der Waals surface area contributed by atoms with Crippen molar-refractivity contribution < 1.29 is 8.42 Å². The fourth-order valence-electron chi connectivity index (χ4n) is 3.65. The van der Waals surface area contributed by atoms with Crippen LogP contribution < -0.4 is 10.6 Å². The number of aromatic nitrogens is 1. The summed E-state index contributed by atoms with van der Waals surface area (Å²) in [5.41, 5.74) is 1.95. The van der Waals surface area contributed by atoms with Crippen LogP contribution in [0.1, 0.15) is 19.8 Å². The number of hydrogen-bond acceptors (Lipinski definition) is 2. The summed E-state index contributed by atoms with van der Waals surface area (Å²) >= 11 is 3.34. The Morgan fingerprint density at radius 2 is 1.53 bits per heavy atom. The number of halogens is 1. The van der Waals surface area contributed by atoms with Crippen LogP contribution in [0.3, 0.4) is 0 Å². The molecule has 0 atom stereocenters. The van der Waals surface area contributed by atoms with Crippen molar-refractivity contribution in [2.45, 2.75) is 29.6 Å². The zero-order chi connectivity index (χ0) is 21.3. The van der Waals surface area contributed by atoms with Crippen LogP contribution in [0.25, 0.3) is 29.2 Å². The van der Waals surface area contributed by atoms with Crippen LogP contribution >= 0.6 is 15.9 Å². The number of para-hydroxylation sites is 1. The molecule has 4 rings (SSSR count). The minimum Gasteiger partial charge on any atom is -0.310 e. The van der Waals surface area contributed by atoms with Crippen molar-refractivity contribution in [3.8, 4) is 5.69 Å². The van der Waals surface area contributed by atoms with Crippen LogP contribution in [0.4, 0.5) is 0 Å². The van der Waals surface area contributed by atoms with Gasteiger partial charge in [0.15, 0.2) is 0 Å². The largest absolute Gasteiger partial charge is 0.310 e. The summed E-state index contributed by atoms with van der Waals surface area (Å²) in [6, 6.07) is 21.9. The fraction of sp³-hybridized carbons (Fsp3) is 0.120. The smallest absolute Gasteiger partial charge is 0.206 e. The third kappa shape index (κ3) is 3.64. The first-order chi connectivity index (χ1) is 14.4. The van der Waals surface area contributed by atoms with Crippen molar-refractivity contribution in [2.24, 2.45) is 0 Å². The molecule has 0 saturated heterocycles. The van der Waals surface area contributed by atoms with Gasteiger partial charge in [0, 0.05) is 26.1 Å². The predicted octanol–water partition coefficient (Wildman–Crippen LogP) is 5.22. The van der Waals surface area contributed by atoms with Crippen molar-refractivity contribution >= 4 is 49.3 Å². The third-order valence-corrected chi connectivity index (χ3v) is 7.50. The van der Waals surface area contributed by atoms with Gasteiger partial charge in [0.05, 0.1) is 15.3 Å². The zero-order valence-electron chi connectivity index (χ0n) is 16.7. The second-order valence-corrected chi connectivity index (χ2v) is 10.0. The zero-order valence-corrected chi connectivity index (χ0v) is 19.1. The van der Waals surface area contributed by atoms with Crippen molar-refractivity contribution in [1.29, 1.82) is 0 Å². The van der Waals surface area contributed by atoms with Crippen LogP contribution in [0, 0.1) is 0 Å². The summed E-state index contributed by atoms with van der Waals surface area (Å²) in [7, 11) is -3.57. The van der Waals surface area contributed by atoms with E-state index in [1.54, 1.807) is 36.4 Å². The van der Waals surface area contributed by atoms with E-state index in [2.05, 4.69) is 52.2 Å². The first-order valence-corrected chi connectivity index (χ1v) is 12.1. The lowest BCUT2D eigenvalue weighted by Gasteiger charge is -2.09. The highest BCUT2D eigenvalue weighted by atomic mass is 79.9. The molecule has 0 N–H and O–H groups in total. The lowest BCUT2D eigenvalue weighted by molar-refractivity contribution is 0.596. The lowest BCUT2D eigenvalue weighted by Crippen LogP contribution is -2.26. The topological polar surface area (TPSA) is 39.1 Å². The van der Waals surface area contributed by atoms with Gasteiger partial charge in [-0.05, 0) is 61.0 Å². The summed E-state index contributed by atoms with van der Waals surface area (Å²) in [6.07, 6.45) is 4.29. The molecule has 152 valence electrons. The molecule has 0 radical (unpaired) electrons. The molecule has 0 aliphatic carbocycles. The Kier molecular flexibility index (Phi) is 5.67. The second kappa shape index (κ2) is 8.25. The molecule has 5 heteroatoms. The molecule has 0 spiro atoms. The Hall–Kier alpha value is -2.63. The molecule has 1 aromatic heterocycles. The van der Waals surface area contributed by atoms with Crippen LogP contribution in [0.2, 0.25) is 0 Å². The maximum absolute atomic E-state index is 13.0. The highest BCUT2D eigenvalue weighted by Crippen LogP contribution is 2.24. The molecule has 1 heterocycles. The van der Waals surface area contributed by atoms with Gasteiger partial charge in [0.25, 0.3) is 0 Å². The van der Waals surface area contributed by atoms with Gasteiger partial charge >= 0.3 is 0 Å². The monoisotopic (exact) mass is 479 g/mol. The predicted molar refractivity (Wildman–Crippen MR) is 127 cm³/mol. The van der Waals surface area contributed by atoms with Crippen molar-refractivity contribution in [1.82, 2.24) is 4.57 Å². The number of nitrogens with zero attached hydrogens (tertiary/aromatic N) is 1. The van der Waals surface area contributed by atoms with Gasteiger partial charge in [0.1, 0.15) is 0 Å². The Bertz CT molecular complexity index is 1420. The molecular weight excluding hydrogens is 458 g/mol. The van der Waals surface area contributed by atoms with E-state index in [0.29, 0.717) is 0 Å². The highest BCUT2D eigenvalue weighted by molar-refractivity contribution is 9.10. The van der Waals surface area contributed by atoms with E-state index < -0.39 is 9.84 Å². The summed E-state index contributed by atoms with van der Waals surface area (Å²) in [5.74, 6) is 0. The van der Waals surface area contributed by atoms with E-state index in [1.165, 1.54) is 0 Å². The Balaban J connectivity index is 1.83. The van der Waals surface area contributed by atoms with Gasteiger partial charge in [-0.3, -0.25) is 0 Å².